The molecule has 8 heavy (non-hydrogen) atoms. The van der Waals surface area contributed by atoms with E-state index in [0.717, 1.165) is 6.42 Å². The summed E-state index contributed by atoms with van der Waals surface area (Å²) < 4.78 is 20.7. The van der Waals surface area contributed by atoms with Crippen LogP contribution >= 0.6 is 0 Å². The molecule has 48 valence electrons. The Balaban J connectivity index is 2.14. The van der Waals surface area contributed by atoms with Gasteiger partial charge in [0.2, 0.25) is 11.3 Å². The number of hydrogen-bond donors (Lipinski definition) is 2. The molecular formula is C4H9NO2S. The zero-order valence-electron chi connectivity index (χ0n) is 4.63. The third-order valence-electron chi connectivity index (χ3n) is 1.36. The van der Waals surface area contributed by atoms with E-state index >= 15 is 0 Å². The lowest BCUT2D eigenvalue weighted by Gasteiger charge is -1.91. The lowest BCUT2D eigenvalue weighted by Crippen LogP contribution is -2.19. The Kier molecular flexibility index (Phi) is 1.65. The van der Waals surface area contributed by atoms with E-state index in [0.29, 0.717) is 12.0 Å². The average Bonchev–Trinajstić information content (AvgIpc) is 2.17. The van der Waals surface area contributed by atoms with Gasteiger partial charge in [-0.2, -0.15) is 0 Å². The number of nitrogens with one attached hydrogen (secondary N) is 1. The van der Waals surface area contributed by atoms with Crippen LogP contribution < -0.4 is 4.72 Å². The van der Waals surface area contributed by atoms with E-state index in [4.69, 9.17) is 4.55 Å². The molecule has 0 amide bonds. The normalized spacial score (nSPS) is 39.2. The predicted molar refractivity (Wildman–Crippen MR) is 31.5 cm³/mol. The summed E-state index contributed by atoms with van der Waals surface area (Å²) >= 11 is -1.80. The minimum absolute atomic E-state index is 0.292. The van der Waals surface area contributed by atoms with Gasteiger partial charge >= 0.3 is 0 Å². The first-order valence-corrected chi connectivity index (χ1v) is 3.68. The smallest absolute Gasteiger partial charge is 0.231 e. The molecule has 0 bridgehead atoms. The van der Waals surface area contributed by atoms with Crippen LogP contribution in [0, 0.1) is 5.92 Å². The van der Waals surface area contributed by atoms with Gasteiger partial charge in [-0.05, 0) is 12.3 Å². The highest BCUT2D eigenvalue weighted by atomic mass is 32.2. The molecule has 3 nitrogen and oxygen atoms in total. The van der Waals surface area contributed by atoms with Crippen LogP contribution in [0.15, 0.2) is 0 Å². The van der Waals surface area contributed by atoms with Crippen molar-refractivity contribution in [2.45, 2.75) is 19.4 Å². The molecule has 0 aromatic heterocycles. The minimum atomic E-state index is -1.80. The van der Waals surface area contributed by atoms with Crippen molar-refractivity contribution in [2.75, 3.05) is 0 Å². The van der Waals surface area contributed by atoms with Crippen molar-refractivity contribution in [1.82, 2.24) is 4.72 Å². The molecule has 1 aliphatic rings. The molecule has 0 saturated heterocycles. The first kappa shape index (κ1) is 6.19. The second kappa shape index (κ2) is 2.13. The van der Waals surface area contributed by atoms with Crippen LogP contribution in [0.2, 0.25) is 0 Å². The molecule has 3 atom stereocenters. The largest absolute Gasteiger partial charge is 0.294 e. The summed E-state index contributed by atoms with van der Waals surface area (Å²) in [6.07, 6.45) is 1.03. The molecule has 0 spiro atoms. The third-order valence-corrected chi connectivity index (χ3v) is 1.87. The highest BCUT2D eigenvalue weighted by molar-refractivity contribution is 7.77. The molecule has 0 aromatic rings. The van der Waals surface area contributed by atoms with Gasteiger partial charge in [-0.25, -0.2) is 8.93 Å². The quantitative estimate of drug-likeness (QED) is 0.528. The maximum absolute atomic E-state index is 10.00. The summed E-state index contributed by atoms with van der Waals surface area (Å²) in [7, 11) is 0. The Hall–Kier alpha value is 0.0700. The molecule has 0 aliphatic heterocycles. The van der Waals surface area contributed by atoms with Gasteiger partial charge < -0.3 is 0 Å². The van der Waals surface area contributed by atoms with E-state index in [2.05, 4.69) is 4.72 Å². The van der Waals surface area contributed by atoms with Gasteiger partial charge in [0, 0.05) is 6.04 Å². The molecule has 1 fully saturated rings. The monoisotopic (exact) mass is 135 g/mol. The lowest BCUT2D eigenvalue weighted by molar-refractivity contribution is 0.546. The second-order valence-corrected chi connectivity index (χ2v) is 2.92. The summed E-state index contributed by atoms with van der Waals surface area (Å²) in [6.45, 7) is 2.05. The zero-order valence-corrected chi connectivity index (χ0v) is 5.44. The van der Waals surface area contributed by atoms with Crippen molar-refractivity contribution in [1.29, 1.82) is 0 Å². The van der Waals surface area contributed by atoms with Crippen molar-refractivity contribution in [3.63, 3.8) is 0 Å². The maximum Gasteiger partial charge on any atom is 0.231 e. The Labute approximate surface area is 50.9 Å². The van der Waals surface area contributed by atoms with E-state index < -0.39 is 11.3 Å². The highest BCUT2D eigenvalue weighted by Crippen LogP contribution is 2.28. The fraction of sp³-hybridized carbons (Fsp3) is 1.00. The Morgan fingerprint density at radius 1 is 1.88 bits per heavy atom. The standard InChI is InChI=1S/C4H9NO2S/c1-3-2-4(3)5-8(6)7/h3-5H,2H2,1H3,(H,6,7)/t3?,4-/m1/s1. The number of rotatable bonds is 2. The average molecular weight is 135 g/mol. The van der Waals surface area contributed by atoms with Crippen molar-refractivity contribution >= 4 is 11.3 Å². The van der Waals surface area contributed by atoms with Crippen LogP contribution in [0.3, 0.4) is 0 Å². The lowest BCUT2D eigenvalue weighted by atomic mass is 10.5. The molecule has 1 rings (SSSR count). The fourth-order valence-electron chi connectivity index (χ4n) is 0.616. The van der Waals surface area contributed by atoms with Crippen LogP contribution in [-0.4, -0.2) is 14.8 Å². The summed E-state index contributed by atoms with van der Waals surface area (Å²) in [6, 6.07) is 0.292. The van der Waals surface area contributed by atoms with Gasteiger partial charge in [0.15, 0.2) is 0 Å². The first-order valence-electron chi connectivity index (χ1n) is 2.57. The fourth-order valence-corrected chi connectivity index (χ4v) is 1.20. The van der Waals surface area contributed by atoms with Crippen LogP contribution in [0.1, 0.15) is 13.3 Å². The molecule has 0 radical (unpaired) electrons. The minimum Gasteiger partial charge on any atom is -0.294 e. The van der Waals surface area contributed by atoms with Gasteiger partial charge in [0.05, 0.1) is 0 Å². The van der Waals surface area contributed by atoms with Crippen LogP contribution in [-0.2, 0) is 11.3 Å². The third kappa shape index (κ3) is 1.54. The van der Waals surface area contributed by atoms with E-state index in [1.165, 1.54) is 0 Å². The van der Waals surface area contributed by atoms with Crippen molar-refractivity contribution < 1.29 is 8.76 Å². The molecule has 2 N–H and O–H groups in total. The predicted octanol–water partition coefficient (Wildman–Crippen LogP) is 0.121. The van der Waals surface area contributed by atoms with Gasteiger partial charge in [0.1, 0.15) is 0 Å². The number of hydrogen-bond acceptors (Lipinski definition) is 1. The molecule has 1 saturated carbocycles. The van der Waals surface area contributed by atoms with Gasteiger partial charge in [-0.15, -0.1) is 0 Å². The molecule has 0 aromatic carbocycles. The van der Waals surface area contributed by atoms with Crippen LogP contribution in [0.4, 0.5) is 0 Å². The molecule has 1 aliphatic carbocycles. The maximum atomic E-state index is 10.00. The topological polar surface area (TPSA) is 49.3 Å². The molecular weight excluding hydrogens is 126 g/mol. The Bertz CT molecular complexity index is 117. The van der Waals surface area contributed by atoms with Crippen LogP contribution in [0.5, 0.6) is 0 Å². The van der Waals surface area contributed by atoms with E-state index in [1.807, 2.05) is 6.92 Å². The SMILES string of the molecule is CC1C[C@H]1NS(=O)O. The van der Waals surface area contributed by atoms with Crippen LogP contribution in [0.25, 0.3) is 0 Å². The molecule has 4 heteroatoms. The second-order valence-electron chi connectivity index (χ2n) is 2.19. The Morgan fingerprint density at radius 3 is 2.50 bits per heavy atom. The Morgan fingerprint density at radius 2 is 2.38 bits per heavy atom. The van der Waals surface area contributed by atoms with E-state index in [-0.39, 0.29) is 0 Å². The van der Waals surface area contributed by atoms with Gasteiger partial charge in [-0.1, -0.05) is 6.92 Å². The molecule has 2 unspecified atom stereocenters. The zero-order chi connectivity index (χ0) is 6.15. The van der Waals surface area contributed by atoms with Gasteiger partial charge in [-0.3, -0.25) is 4.55 Å². The summed E-state index contributed by atoms with van der Waals surface area (Å²) in [4.78, 5) is 0. The summed E-state index contributed by atoms with van der Waals surface area (Å²) in [5.74, 6) is 0.589. The van der Waals surface area contributed by atoms with Gasteiger partial charge in [0.25, 0.3) is 0 Å². The van der Waals surface area contributed by atoms with E-state index in [1.54, 1.807) is 0 Å². The van der Waals surface area contributed by atoms with Crippen molar-refractivity contribution in [2.24, 2.45) is 5.92 Å². The highest BCUT2D eigenvalue weighted by Gasteiger charge is 2.33. The summed E-state index contributed by atoms with van der Waals surface area (Å²) in [5.41, 5.74) is 0. The van der Waals surface area contributed by atoms with Crippen molar-refractivity contribution in [3.05, 3.63) is 0 Å². The molecule has 0 heterocycles. The van der Waals surface area contributed by atoms with E-state index in [9.17, 15) is 4.21 Å². The van der Waals surface area contributed by atoms with Crippen molar-refractivity contribution in [3.8, 4) is 0 Å². The first-order chi connectivity index (χ1) is 3.70. The summed E-state index contributed by atoms with van der Waals surface area (Å²) in [5, 5.41) is 0.